The standard InChI is InChI=1S/C6H12O2.CHNO/c1-2-3-4-5-6(7)8;2-1-3/h2-5H2,1H3,(H,7,8);3H. The molecule has 0 aromatic carbocycles. The summed E-state index contributed by atoms with van der Waals surface area (Å²) in [7, 11) is 0. The number of aliphatic carboxylic acids is 1. The largest absolute Gasteiger partial charge is 0.481 e. The lowest BCUT2D eigenvalue weighted by Crippen LogP contribution is -1.92. The lowest BCUT2D eigenvalue weighted by molar-refractivity contribution is -0.137. The fourth-order valence-corrected chi connectivity index (χ4v) is 0.526. The Kier molecular flexibility index (Phi) is 13.1. The van der Waals surface area contributed by atoms with Crippen molar-refractivity contribution in [2.24, 2.45) is 0 Å². The van der Waals surface area contributed by atoms with Crippen LogP contribution in [-0.2, 0) is 4.79 Å². The summed E-state index contributed by atoms with van der Waals surface area (Å²) in [5, 5.41) is 21.9. The predicted molar refractivity (Wildman–Crippen MR) is 39.3 cm³/mol. The van der Waals surface area contributed by atoms with Crippen molar-refractivity contribution in [3.8, 4) is 6.26 Å². The molecule has 0 saturated heterocycles. The minimum Gasteiger partial charge on any atom is -0.481 e. The molecule has 0 spiro atoms. The number of carboxylic acids is 1. The number of hydrogen-bond donors (Lipinski definition) is 2. The number of carboxylic acid groups (broad SMARTS) is 1. The zero-order valence-corrected chi connectivity index (χ0v) is 6.58. The highest BCUT2D eigenvalue weighted by Crippen LogP contribution is 1.97. The maximum Gasteiger partial charge on any atom is 0.303 e. The fourth-order valence-electron chi connectivity index (χ4n) is 0.526. The summed E-state index contributed by atoms with van der Waals surface area (Å²) >= 11 is 0. The number of nitrogens with zero attached hydrogens (tertiary/aromatic N) is 1. The monoisotopic (exact) mass is 159 g/mol. The van der Waals surface area contributed by atoms with E-state index in [0.29, 0.717) is 6.42 Å². The Balaban J connectivity index is 0. The average Bonchev–Trinajstić information content (AvgIpc) is 1.89. The minimum absolute atomic E-state index is 0.327. The highest BCUT2D eigenvalue weighted by Gasteiger charge is 1.92. The number of hydrogen-bond acceptors (Lipinski definition) is 3. The van der Waals surface area contributed by atoms with Gasteiger partial charge in [0.1, 0.15) is 0 Å². The van der Waals surface area contributed by atoms with Gasteiger partial charge in [-0.3, -0.25) is 4.79 Å². The molecule has 64 valence electrons. The van der Waals surface area contributed by atoms with Crippen molar-refractivity contribution in [1.29, 1.82) is 5.26 Å². The van der Waals surface area contributed by atoms with Crippen LogP contribution in [0, 0.1) is 11.5 Å². The van der Waals surface area contributed by atoms with Crippen molar-refractivity contribution in [3.63, 3.8) is 0 Å². The van der Waals surface area contributed by atoms with Gasteiger partial charge in [0.05, 0.1) is 0 Å². The van der Waals surface area contributed by atoms with Crippen molar-refractivity contribution >= 4 is 5.97 Å². The molecule has 11 heavy (non-hydrogen) atoms. The van der Waals surface area contributed by atoms with E-state index in [4.69, 9.17) is 15.5 Å². The van der Waals surface area contributed by atoms with Crippen molar-refractivity contribution in [1.82, 2.24) is 0 Å². The van der Waals surface area contributed by atoms with Crippen LogP contribution in [0.3, 0.4) is 0 Å². The van der Waals surface area contributed by atoms with Gasteiger partial charge in [0.2, 0.25) is 0 Å². The van der Waals surface area contributed by atoms with E-state index in [0.717, 1.165) is 25.5 Å². The lowest BCUT2D eigenvalue weighted by Gasteiger charge is -1.89. The van der Waals surface area contributed by atoms with E-state index in [2.05, 4.69) is 6.92 Å². The second-order valence-corrected chi connectivity index (χ2v) is 1.95. The summed E-state index contributed by atoms with van der Waals surface area (Å²) in [4.78, 5) is 9.87. The lowest BCUT2D eigenvalue weighted by atomic mass is 10.2. The van der Waals surface area contributed by atoms with Gasteiger partial charge >= 0.3 is 5.97 Å². The van der Waals surface area contributed by atoms with Crippen LogP contribution in [0.4, 0.5) is 0 Å². The molecule has 0 amide bonds. The highest BCUT2D eigenvalue weighted by molar-refractivity contribution is 5.66. The van der Waals surface area contributed by atoms with Crippen molar-refractivity contribution in [2.45, 2.75) is 32.6 Å². The van der Waals surface area contributed by atoms with Crippen LogP contribution in [-0.4, -0.2) is 16.2 Å². The second-order valence-electron chi connectivity index (χ2n) is 1.95. The number of aliphatic hydroxyl groups excluding tert-OH is 1. The predicted octanol–water partition coefficient (Wildman–Crippen LogP) is 1.49. The Hall–Kier alpha value is -1.24. The van der Waals surface area contributed by atoms with Gasteiger partial charge in [-0.05, 0) is 6.42 Å². The van der Waals surface area contributed by atoms with E-state index in [1.165, 1.54) is 0 Å². The second kappa shape index (κ2) is 11.5. The summed E-state index contributed by atoms with van der Waals surface area (Å²) in [6.07, 6.45) is 4.03. The summed E-state index contributed by atoms with van der Waals surface area (Å²) in [6.45, 7) is 2.06. The first-order valence-electron chi connectivity index (χ1n) is 3.44. The first-order valence-corrected chi connectivity index (χ1v) is 3.44. The van der Waals surface area contributed by atoms with E-state index >= 15 is 0 Å². The summed E-state index contributed by atoms with van der Waals surface area (Å²) in [6, 6.07) is 0. The van der Waals surface area contributed by atoms with Gasteiger partial charge in [-0.1, -0.05) is 19.8 Å². The van der Waals surface area contributed by atoms with E-state index in [9.17, 15) is 4.79 Å². The molecule has 0 aliphatic carbocycles. The molecule has 0 bridgehead atoms. The van der Waals surface area contributed by atoms with E-state index in [1.54, 1.807) is 0 Å². The number of unbranched alkanes of at least 4 members (excludes halogenated alkanes) is 2. The zero-order valence-electron chi connectivity index (χ0n) is 6.58. The maximum absolute atomic E-state index is 9.87. The molecule has 4 nitrogen and oxygen atoms in total. The number of carbonyl (C=O) groups is 1. The van der Waals surface area contributed by atoms with Gasteiger partial charge in [-0.2, -0.15) is 5.26 Å². The van der Waals surface area contributed by atoms with E-state index in [-0.39, 0.29) is 0 Å². The van der Waals surface area contributed by atoms with Crippen LogP contribution >= 0.6 is 0 Å². The fraction of sp³-hybridized carbons (Fsp3) is 0.714. The summed E-state index contributed by atoms with van der Waals surface area (Å²) in [5.41, 5.74) is 0. The molecular formula is C7H13NO3. The molecule has 0 saturated carbocycles. The molecule has 0 aliphatic heterocycles. The van der Waals surface area contributed by atoms with Crippen LogP contribution in [0.1, 0.15) is 32.6 Å². The van der Waals surface area contributed by atoms with Crippen molar-refractivity contribution in [2.75, 3.05) is 0 Å². The van der Waals surface area contributed by atoms with Crippen LogP contribution in [0.25, 0.3) is 0 Å². The van der Waals surface area contributed by atoms with Gasteiger partial charge in [-0.25, -0.2) is 0 Å². The van der Waals surface area contributed by atoms with Crippen molar-refractivity contribution in [3.05, 3.63) is 0 Å². The summed E-state index contributed by atoms with van der Waals surface area (Å²) < 4.78 is 0. The van der Waals surface area contributed by atoms with Crippen LogP contribution in [0.15, 0.2) is 0 Å². The molecule has 0 heterocycles. The first kappa shape index (κ1) is 12.4. The molecule has 0 atom stereocenters. The van der Waals surface area contributed by atoms with E-state index in [1.807, 2.05) is 0 Å². The van der Waals surface area contributed by atoms with Gasteiger partial charge in [-0.15, -0.1) is 0 Å². The summed E-state index contributed by atoms with van der Waals surface area (Å²) in [5.74, 6) is -0.682. The number of rotatable bonds is 4. The molecule has 4 heteroatoms. The Morgan fingerprint density at radius 2 is 2.00 bits per heavy atom. The molecule has 2 N–H and O–H groups in total. The molecule has 0 radical (unpaired) electrons. The zero-order chi connectivity index (χ0) is 9.11. The quantitative estimate of drug-likeness (QED) is 0.481. The van der Waals surface area contributed by atoms with Crippen LogP contribution < -0.4 is 0 Å². The molecule has 0 aromatic rings. The van der Waals surface area contributed by atoms with Gasteiger partial charge in [0.25, 0.3) is 6.26 Å². The van der Waals surface area contributed by atoms with E-state index < -0.39 is 5.97 Å². The Morgan fingerprint density at radius 1 is 1.55 bits per heavy atom. The minimum atomic E-state index is -0.682. The molecule has 0 aromatic heterocycles. The van der Waals surface area contributed by atoms with Crippen LogP contribution in [0.2, 0.25) is 0 Å². The third-order valence-electron chi connectivity index (χ3n) is 0.994. The van der Waals surface area contributed by atoms with Gasteiger partial charge in [0.15, 0.2) is 0 Å². The molecule has 0 rings (SSSR count). The smallest absolute Gasteiger partial charge is 0.303 e. The Bertz CT molecular complexity index is 128. The maximum atomic E-state index is 9.87. The molecular weight excluding hydrogens is 146 g/mol. The Morgan fingerprint density at radius 3 is 2.27 bits per heavy atom. The Labute approximate surface area is 66.1 Å². The number of aliphatic hydroxyl groups is 1. The molecule has 0 fully saturated rings. The molecule has 0 unspecified atom stereocenters. The molecule has 0 aliphatic rings. The number of nitriles is 1. The van der Waals surface area contributed by atoms with Gasteiger partial charge < -0.3 is 10.2 Å². The van der Waals surface area contributed by atoms with Crippen LogP contribution in [0.5, 0.6) is 0 Å². The third-order valence-corrected chi connectivity index (χ3v) is 0.994. The van der Waals surface area contributed by atoms with Gasteiger partial charge in [0, 0.05) is 6.42 Å². The normalized spacial score (nSPS) is 7.27. The third kappa shape index (κ3) is 28.3. The SMILES string of the molecule is CCCCCC(=O)O.N#CO. The average molecular weight is 159 g/mol. The highest BCUT2D eigenvalue weighted by atomic mass is 16.4. The first-order chi connectivity index (χ1) is 5.18. The topological polar surface area (TPSA) is 81.3 Å². The van der Waals surface area contributed by atoms with Crippen molar-refractivity contribution < 1.29 is 15.0 Å².